The molecule has 13 heteroatoms. The molecule has 1 aliphatic heterocycles. The fraction of sp³-hybridized carbons (Fsp3) is 0.764. The van der Waals surface area contributed by atoms with Crippen molar-refractivity contribution >= 4 is 16.4 Å². The van der Waals surface area contributed by atoms with Gasteiger partial charge < -0.3 is 34.3 Å². The average molecular weight is 981 g/mol. The predicted octanol–water partition coefficient (Wildman–Crippen LogP) is 12.6. The van der Waals surface area contributed by atoms with E-state index in [1.807, 2.05) is 0 Å². The molecule has 0 radical (unpaired) electrons. The van der Waals surface area contributed by atoms with Crippen molar-refractivity contribution in [1.29, 1.82) is 0 Å². The molecule has 68 heavy (non-hydrogen) atoms. The Bertz CT molecular complexity index is 1460. The van der Waals surface area contributed by atoms with Crippen LogP contribution in [0, 0.1) is 0 Å². The SMILES string of the molecule is CC/C=C\C/C=C\C/C=C\C/C=C\CCCCC(=O)OC(COCCCCCCCCCCCCCCCC/C=C\C/C=C\CCCCCCC)COC1OC(CO)C(O)C(OS(=O)(=O)O)C1O. The number of ether oxygens (including phenoxy) is 4. The van der Waals surface area contributed by atoms with Gasteiger partial charge in [0.05, 0.1) is 19.8 Å². The molecule has 0 amide bonds. The predicted molar refractivity (Wildman–Crippen MR) is 276 cm³/mol. The first kappa shape index (κ1) is 63.6. The Balaban J connectivity index is 2.31. The second kappa shape index (κ2) is 45.7. The fourth-order valence-electron chi connectivity index (χ4n) is 7.81. The van der Waals surface area contributed by atoms with E-state index in [1.54, 1.807) is 0 Å². The topological polar surface area (TPSA) is 178 Å². The van der Waals surface area contributed by atoms with Crippen molar-refractivity contribution < 1.29 is 56.2 Å². The minimum atomic E-state index is -5.07. The van der Waals surface area contributed by atoms with Crippen LogP contribution in [0.1, 0.15) is 206 Å². The minimum Gasteiger partial charge on any atom is -0.457 e. The molecule has 0 aromatic heterocycles. The molecule has 0 aliphatic carbocycles. The number of hydrogen-bond acceptors (Lipinski definition) is 11. The van der Waals surface area contributed by atoms with Gasteiger partial charge in [-0.15, -0.1) is 0 Å². The monoisotopic (exact) mass is 981 g/mol. The molecule has 1 heterocycles. The average Bonchev–Trinajstić information content (AvgIpc) is 3.31. The highest BCUT2D eigenvalue weighted by Gasteiger charge is 2.48. The molecule has 1 saturated heterocycles. The molecule has 1 rings (SSSR count). The zero-order valence-corrected chi connectivity index (χ0v) is 43.2. The first-order chi connectivity index (χ1) is 33.1. The molecule has 0 spiro atoms. The van der Waals surface area contributed by atoms with Crippen LogP contribution in [0.4, 0.5) is 0 Å². The lowest BCUT2D eigenvalue weighted by Crippen LogP contribution is -2.60. The molecule has 6 atom stereocenters. The van der Waals surface area contributed by atoms with Gasteiger partial charge in [0.25, 0.3) is 0 Å². The lowest BCUT2D eigenvalue weighted by molar-refractivity contribution is -0.301. The smallest absolute Gasteiger partial charge is 0.397 e. The zero-order chi connectivity index (χ0) is 49.6. The van der Waals surface area contributed by atoms with Crippen LogP contribution in [0.3, 0.4) is 0 Å². The van der Waals surface area contributed by atoms with Crippen molar-refractivity contribution in [2.75, 3.05) is 26.4 Å². The molecule has 1 fully saturated rings. The molecule has 6 unspecified atom stereocenters. The van der Waals surface area contributed by atoms with Crippen LogP contribution in [0.15, 0.2) is 72.9 Å². The summed E-state index contributed by atoms with van der Waals surface area (Å²) in [5.41, 5.74) is 0. The normalized spacial score (nSPS) is 19.9. The van der Waals surface area contributed by atoms with Crippen LogP contribution >= 0.6 is 0 Å². The largest absolute Gasteiger partial charge is 0.457 e. The van der Waals surface area contributed by atoms with Crippen molar-refractivity contribution in [2.24, 2.45) is 0 Å². The number of aliphatic hydroxyl groups is 3. The first-order valence-electron chi connectivity index (χ1n) is 26.7. The van der Waals surface area contributed by atoms with Gasteiger partial charge in [0.1, 0.15) is 30.5 Å². The second-order valence-corrected chi connectivity index (χ2v) is 19.1. The Hall–Kier alpha value is -2.46. The lowest BCUT2D eigenvalue weighted by atomic mass is 9.99. The van der Waals surface area contributed by atoms with Gasteiger partial charge in [0.2, 0.25) is 0 Å². The Kier molecular flexibility index (Phi) is 42.7. The quantitative estimate of drug-likeness (QED) is 0.0197. The maximum absolute atomic E-state index is 12.9. The molecular weight excluding hydrogens is 885 g/mol. The Morgan fingerprint density at radius 2 is 1.01 bits per heavy atom. The van der Waals surface area contributed by atoms with Crippen molar-refractivity contribution in [3.8, 4) is 0 Å². The number of unbranched alkanes of at least 4 members (excludes halogenated alkanes) is 21. The summed E-state index contributed by atoms with van der Waals surface area (Å²) in [6.07, 6.45) is 50.9. The Labute approximate surface area is 413 Å². The van der Waals surface area contributed by atoms with E-state index in [9.17, 15) is 33.1 Å². The van der Waals surface area contributed by atoms with Gasteiger partial charge in [-0.25, -0.2) is 4.18 Å². The molecule has 0 aromatic rings. The zero-order valence-electron chi connectivity index (χ0n) is 42.4. The molecule has 394 valence electrons. The summed E-state index contributed by atoms with van der Waals surface area (Å²) in [4.78, 5) is 12.9. The third-order valence-corrected chi connectivity index (χ3v) is 12.3. The van der Waals surface area contributed by atoms with E-state index >= 15 is 0 Å². The van der Waals surface area contributed by atoms with Gasteiger partial charge in [-0.1, -0.05) is 189 Å². The summed E-state index contributed by atoms with van der Waals surface area (Å²) >= 11 is 0. The number of carbonyl (C=O) groups excluding carboxylic acids is 1. The van der Waals surface area contributed by atoms with Gasteiger partial charge in [-0.05, 0) is 83.5 Å². The van der Waals surface area contributed by atoms with Crippen LogP contribution in [-0.4, -0.2) is 97.5 Å². The molecular formula is C55H96O12S. The molecule has 12 nitrogen and oxygen atoms in total. The minimum absolute atomic E-state index is 0.0162. The highest BCUT2D eigenvalue weighted by molar-refractivity contribution is 7.80. The van der Waals surface area contributed by atoms with Crippen LogP contribution in [-0.2, 0) is 38.3 Å². The number of allylic oxidation sites excluding steroid dienone is 12. The molecule has 4 N–H and O–H groups in total. The highest BCUT2D eigenvalue weighted by Crippen LogP contribution is 2.26. The second-order valence-electron chi connectivity index (χ2n) is 18.1. The van der Waals surface area contributed by atoms with Gasteiger partial charge >= 0.3 is 16.4 Å². The summed E-state index contributed by atoms with van der Waals surface area (Å²) in [5, 5.41) is 30.8. The van der Waals surface area contributed by atoms with E-state index in [1.165, 1.54) is 116 Å². The van der Waals surface area contributed by atoms with Gasteiger partial charge in [0, 0.05) is 13.0 Å². The number of carbonyl (C=O) groups is 1. The van der Waals surface area contributed by atoms with Gasteiger partial charge in [-0.2, -0.15) is 8.42 Å². The van der Waals surface area contributed by atoms with Crippen molar-refractivity contribution in [3.63, 3.8) is 0 Å². The van der Waals surface area contributed by atoms with E-state index in [0.29, 0.717) is 13.0 Å². The fourth-order valence-corrected chi connectivity index (χ4v) is 8.32. The number of aliphatic hydroxyl groups excluding tert-OH is 3. The van der Waals surface area contributed by atoms with E-state index in [0.717, 1.165) is 64.2 Å². The third kappa shape index (κ3) is 38.3. The highest BCUT2D eigenvalue weighted by atomic mass is 32.3. The van der Waals surface area contributed by atoms with Crippen LogP contribution in [0.25, 0.3) is 0 Å². The van der Waals surface area contributed by atoms with E-state index in [4.69, 9.17) is 18.9 Å². The maximum Gasteiger partial charge on any atom is 0.397 e. The van der Waals surface area contributed by atoms with E-state index < -0.39 is 59.8 Å². The molecule has 0 saturated carbocycles. The molecule has 0 bridgehead atoms. The molecule has 0 aromatic carbocycles. The number of rotatable bonds is 46. The van der Waals surface area contributed by atoms with Crippen LogP contribution in [0.5, 0.6) is 0 Å². The summed E-state index contributed by atoms with van der Waals surface area (Å²) in [7, 11) is -5.07. The molecule has 1 aliphatic rings. The third-order valence-electron chi connectivity index (χ3n) is 11.8. The summed E-state index contributed by atoms with van der Waals surface area (Å²) < 4.78 is 59.2. The lowest BCUT2D eigenvalue weighted by Gasteiger charge is -2.41. The van der Waals surface area contributed by atoms with Gasteiger partial charge in [-0.3, -0.25) is 9.35 Å². The number of hydrogen-bond donors (Lipinski definition) is 4. The van der Waals surface area contributed by atoms with Crippen LogP contribution < -0.4 is 0 Å². The Morgan fingerprint density at radius 1 is 0.574 bits per heavy atom. The van der Waals surface area contributed by atoms with E-state index in [-0.39, 0.29) is 19.6 Å². The van der Waals surface area contributed by atoms with Crippen LogP contribution in [0.2, 0.25) is 0 Å². The summed E-state index contributed by atoms with van der Waals surface area (Å²) in [5.74, 6) is -0.440. The van der Waals surface area contributed by atoms with E-state index in [2.05, 4.69) is 90.9 Å². The summed E-state index contributed by atoms with van der Waals surface area (Å²) in [6, 6.07) is 0. The van der Waals surface area contributed by atoms with Crippen molar-refractivity contribution in [3.05, 3.63) is 72.9 Å². The summed E-state index contributed by atoms with van der Waals surface area (Å²) in [6.45, 7) is 3.82. The maximum atomic E-state index is 12.9. The first-order valence-corrected chi connectivity index (χ1v) is 28.1. The standard InChI is InChI=1S/C55H96O12S/c1-3-5-7-9-11-13-15-17-19-20-21-22-23-24-25-26-27-28-29-31-33-35-37-39-41-43-45-63-47-49(48-64-55-53(59)54(67-68(60,61)62)52(58)50(46-56)66-55)65-51(57)44-42-40-38-36-34-32-30-18-16-14-12-10-8-6-4-2/h6,8,12,14-15,17-18,20-21,30,34,36,49-50,52-56,58-59H,3-5,7,9-11,13,16,19,22-29,31-33,35,37-48H2,1-2H3,(H,60,61,62)/b8-6-,14-12-,17-15-,21-20-,30-18-,36-34-. The van der Waals surface area contributed by atoms with Crippen molar-refractivity contribution in [2.45, 2.75) is 243 Å². The number of esters is 1. The Morgan fingerprint density at radius 3 is 1.49 bits per heavy atom. The van der Waals surface area contributed by atoms with Gasteiger partial charge in [0.15, 0.2) is 6.29 Å². The van der Waals surface area contributed by atoms with Crippen molar-refractivity contribution in [1.82, 2.24) is 0 Å².